The number of aromatic nitrogens is 1. The van der Waals surface area contributed by atoms with Crippen molar-refractivity contribution in [2.24, 2.45) is 0 Å². The van der Waals surface area contributed by atoms with Gasteiger partial charge in [-0.05, 0) is 31.2 Å². The van der Waals surface area contributed by atoms with Crippen LogP contribution in [0.4, 0.5) is 14.5 Å². The molecule has 0 bridgehead atoms. The van der Waals surface area contributed by atoms with E-state index in [0.29, 0.717) is 11.5 Å². The van der Waals surface area contributed by atoms with Crippen LogP contribution in [0, 0.1) is 18.6 Å². The third-order valence-corrected chi connectivity index (χ3v) is 3.38. The third-order valence-electron chi connectivity index (χ3n) is 3.38. The molecule has 0 radical (unpaired) electrons. The number of rotatable bonds is 4. The van der Waals surface area contributed by atoms with Crippen LogP contribution in [0.5, 0.6) is 0 Å². The highest BCUT2D eigenvalue weighted by Crippen LogP contribution is 2.27. The van der Waals surface area contributed by atoms with E-state index in [9.17, 15) is 13.6 Å². The summed E-state index contributed by atoms with van der Waals surface area (Å²) in [7, 11) is 1.51. The molecule has 1 aromatic carbocycles. The number of nitrogens with zero attached hydrogens (tertiary/aromatic N) is 1. The standard InChI is InChI=1S/C17H14F2N2O3/c1-9-5-14(12-6-10(18)7-13(19)16(12)20-9)21-17(22)15-4-3-11(24-15)8-23-2/h3-7H,8H2,1-2H3,(H,20,21,22). The van der Waals surface area contributed by atoms with Gasteiger partial charge in [0.15, 0.2) is 11.6 Å². The number of halogens is 2. The van der Waals surface area contributed by atoms with Crippen LogP contribution in [0.1, 0.15) is 22.0 Å². The van der Waals surface area contributed by atoms with Crippen LogP contribution >= 0.6 is 0 Å². The fraction of sp³-hybridized carbons (Fsp3) is 0.176. The number of amides is 1. The molecule has 1 amide bonds. The molecule has 0 saturated carbocycles. The number of benzene rings is 1. The number of hydrogen-bond acceptors (Lipinski definition) is 4. The second-order valence-corrected chi connectivity index (χ2v) is 5.25. The minimum Gasteiger partial charge on any atom is -0.453 e. The molecule has 3 rings (SSSR count). The minimum absolute atomic E-state index is 0.00813. The Labute approximate surface area is 136 Å². The Kier molecular flexibility index (Phi) is 4.26. The van der Waals surface area contributed by atoms with Gasteiger partial charge in [-0.2, -0.15) is 0 Å². The van der Waals surface area contributed by atoms with Crippen molar-refractivity contribution < 1.29 is 22.7 Å². The van der Waals surface area contributed by atoms with Crippen LogP contribution in [-0.4, -0.2) is 18.0 Å². The SMILES string of the molecule is COCc1ccc(C(=O)Nc2cc(C)nc3c(F)cc(F)cc23)o1. The molecular formula is C17H14F2N2O3. The average molecular weight is 332 g/mol. The number of nitrogens with one attached hydrogen (secondary N) is 1. The maximum absolute atomic E-state index is 13.9. The Morgan fingerprint density at radius 2 is 2.08 bits per heavy atom. The van der Waals surface area contributed by atoms with Crippen molar-refractivity contribution in [3.63, 3.8) is 0 Å². The van der Waals surface area contributed by atoms with Crippen LogP contribution < -0.4 is 5.32 Å². The van der Waals surface area contributed by atoms with E-state index in [0.717, 1.165) is 12.1 Å². The van der Waals surface area contributed by atoms with Gasteiger partial charge in [-0.15, -0.1) is 0 Å². The van der Waals surface area contributed by atoms with Gasteiger partial charge in [0.2, 0.25) is 0 Å². The van der Waals surface area contributed by atoms with Gasteiger partial charge in [0.05, 0.1) is 5.69 Å². The summed E-state index contributed by atoms with van der Waals surface area (Å²) >= 11 is 0. The lowest BCUT2D eigenvalue weighted by atomic mass is 10.1. The number of fused-ring (bicyclic) bond motifs is 1. The fourth-order valence-corrected chi connectivity index (χ4v) is 2.39. The number of ether oxygens (including phenoxy) is 1. The van der Waals surface area contributed by atoms with Crippen molar-refractivity contribution in [2.75, 3.05) is 12.4 Å². The highest BCUT2D eigenvalue weighted by atomic mass is 19.1. The summed E-state index contributed by atoms with van der Waals surface area (Å²) in [5.74, 6) is -1.50. The van der Waals surface area contributed by atoms with E-state index >= 15 is 0 Å². The number of carbonyl (C=O) groups is 1. The monoisotopic (exact) mass is 332 g/mol. The number of carbonyl (C=O) groups excluding carboxylic acids is 1. The molecular weight excluding hydrogens is 318 g/mol. The van der Waals surface area contributed by atoms with E-state index in [4.69, 9.17) is 9.15 Å². The highest BCUT2D eigenvalue weighted by molar-refractivity contribution is 6.07. The van der Waals surface area contributed by atoms with Gasteiger partial charge in [0.1, 0.15) is 23.7 Å². The van der Waals surface area contributed by atoms with Gasteiger partial charge < -0.3 is 14.5 Å². The molecule has 124 valence electrons. The molecule has 3 aromatic rings. The maximum atomic E-state index is 13.9. The number of methoxy groups -OCH3 is 1. The van der Waals surface area contributed by atoms with E-state index < -0.39 is 17.5 Å². The third kappa shape index (κ3) is 3.11. The lowest BCUT2D eigenvalue weighted by molar-refractivity contribution is 0.0987. The van der Waals surface area contributed by atoms with Crippen molar-refractivity contribution in [3.8, 4) is 0 Å². The summed E-state index contributed by atoms with van der Waals surface area (Å²) in [4.78, 5) is 16.4. The van der Waals surface area contributed by atoms with Crippen LogP contribution in [0.2, 0.25) is 0 Å². The summed E-state index contributed by atoms with van der Waals surface area (Å²) in [5, 5.41) is 2.78. The van der Waals surface area contributed by atoms with E-state index in [1.165, 1.54) is 19.2 Å². The first-order valence-electron chi connectivity index (χ1n) is 7.13. The molecule has 7 heteroatoms. The van der Waals surface area contributed by atoms with Gasteiger partial charge in [0.25, 0.3) is 5.91 Å². The van der Waals surface area contributed by atoms with Gasteiger partial charge in [-0.1, -0.05) is 0 Å². The molecule has 2 aromatic heterocycles. The van der Waals surface area contributed by atoms with Crippen LogP contribution in [0.3, 0.4) is 0 Å². The number of anilines is 1. The summed E-state index contributed by atoms with van der Waals surface area (Å²) in [6.45, 7) is 1.89. The molecule has 0 aliphatic rings. The molecule has 2 heterocycles. The minimum atomic E-state index is -0.787. The molecule has 0 aliphatic heterocycles. The highest BCUT2D eigenvalue weighted by Gasteiger charge is 2.16. The summed E-state index contributed by atoms with van der Waals surface area (Å²) < 4.78 is 37.7. The quantitative estimate of drug-likeness (QED) is 0.789. The summed E-state index contributed by atoms with van der Waals surface area (Å²) in [6.07, 6.45) is 0. The lowest BCUT2D eigenvalue weighted by Gasteiger charge is -2.09. The zero-order chi connectivity index (χ0) is 17.3. The van der Waals surface area contributed by atoms with Crippen molar-refractivity contribution in [2.45, 2.75) is 13.5 Å². The Bertz CT molecular complexity index is 922. The van der Waals surface area contributed by atoms with Gasteiger partial charge >= 0.3 is 0 Å². The molecule has 0 aliphatic carbocycles. The summed E-state index contributed by atoms with van der Waals surface area (Å²) in [5.41, 5.74) is 0.736. The van der Waals surface area contributed by atoms with Crippen molar-refractivity contribution in [3.05, 3.63) is 59.2 Å². The molecule has 1 N–H and O–H groups in total. The van der Waals surface area contributed by atoms with Crippen molar-refractivity contribution in [1.82, 2.24) is 4.98 Å². The maximum Gasteiger partial charge on any atom is 0.291 e. The first kappa shape index (κ1) is 16.1. The van der Waals surface area contributed by atoms with E-state index in [1.54, 1.807) is 13.0 Å². The number of aryl methyl sites for hydroxylation is 1. The first-order chi connectivity index (χ1) is 11.5. The first-order valence-corrected chi connectivity index (χ1v) is 7.13. The predicted octanol–water partition coefficient (Wildman–Crippen LogP) is 3.81. The number of furan rings is 1. The van der Waals surface area contributed by atoms with Gasteiger partial charge in [-0.3, -0.25) is 4.79 Å². The van der Waals surface area contributed by atoms with E-state index in [-0.39, 0.29) is 29.0 Å². The number of hydrogen-bond donors (Lipinski definition) is 1. The van der Waals surface area contributed by atoms with Crippen molar-refractivity contribution in [1.29, 1.82) is 0 Å². The Morgan fingerprint density at radius 3 is 2.83 bits per heavy atom. The van der Waals surface area contributed by atoms with E-state index in [1.807, 2.05) is 0 Å². The number of pyridine rings is 1. The zero-order valence-corrected chi connectivity index (χ0v) is 13.0. The van der Waals surface area contributed by atoms with Crippen LogP contribution in [0.15, 0.2) is 34.7 Å². The predicted molar refractivity (Wildman–Crippen MR) is 83.8 cm³/mol. The molecule has 5 nitrogen and oxygen atoms in total. The molecule has 24 heavy (non-hydrogen) atoms. The second kappa shape index (κ2) is 6.37. The molecule has 0 fully saturated rings. The Morgan fingerprint density at radius 1 is 1.29 bits per heavy atom. The van der Waals surface area contributed by atoms with Crippen molar-refractivity contribution >= 4 is 22.5 Å². The Balaban J connectivity index is 1.98. The fourth-order valence-electron chi connectivity index (χ4n) is 2.39. The largest absolute Gasteiger partial charge is 0.453 e. The molecule has 0 atom stereocenters. The molecule has 0 saturated heterocycles. The van der Waals surface area contributed by atoms with Crippen LogP contribution in [-0.2, 0) is 11.3 Å². The second-order valence-electron chi connectivity index (χ2n) is 5.25. The lowest BCUT2D eigenvalue weighted by Crippen LogP contribution is -2.12. The molecule has 0 spiro atoms. The molecule has 0 unspecified atom stereocenters. The van der Waals surface area contributed by atoms with Gasteiger partial charge in [0, 0.05) is 24.3 Å². The van der Waals surface area contributed by atoms with Crippen LogP contribution in [0.25, 0.3) is 10.9 Å². The average Bonchev–Trinajstić information content (AvgIpc) is 2.97. The Hall–Kier alpha value is -2.80. The smallest absolute Gasteiger partial charge is 0.291 e. The zero-order valence-electron chi connectivity index (χ0n) is 13.0. The van der Waals surface area contributed by atoms with E-state index in [2.05, 4.69) is 10.3 Å². The topological polar surface area (TPSA) is 64.4 Å². The summed E-state index contributed by atoms with van der Waals surface area (Å²) in [6, 6.07) is 6.54. The normalized spacial score (nSPS) is 11.0. The van der Waals surface area contributed by atoms with Gasteiger partial charge in [-0.25, -0.2) is 13.8 Å².